The molecule has 1 aliphatic heterocycles. The van der Waals surface area contributed by atoms with Crippen molar-refractivity contribution in [2.75, 3.05) is 18.4 Å². The summed E-state index contributed by atoms with van der Waals surface area (Å²) in [5.74, 6) is 0.993. The van der Waals surface area contributed by atoms with Gasteiger partial charge in [-0.05, 0) is 50.4 Å². The summed E-state index contributed by atoms with van der Waals surface area (Å²) < 4.78 is 5.81. The molecule has 1 aromatic rings. The Labute approximate surface area is 122 Å². The molecule has 110 valence electrons. The molecule has 0 saturated heterocycles. The third-order valence-corrected chi connectivity index (χ3v) is 4.40. The second-order valence-electron chi connectivity index (χ2n) is 6.18. The Hall–Kier alpha value is -1.22. The normalized spacial score (nSPS) is 22.8. The van der Waals surface area contributed by atoms with Crippen LogP contribution >= 0.6 is 0 Å². The molecule has 0 spiro atoms. The van der Waals surface area contributed by atoms with E-state index in [-0.39, 0.29) is 6.10 Å². The highest BCUT2D eigenvalue weighted by atomic mass is 16.5. The van der Waals surface area contributed by atoms with Crippen molar-refractivity contribution >= 4 is 5.69 Å². The molecule has 2 N–H and O–H groups in total. The number of benzene rings is 1. The molecule has 0 radical (unpaired) electrons. The van der Waals surface area contributed by atoms with Gasteiger partial charge in [0, 0.05) is 6.04 Å². The van der Waals surface area contributed by atoms with E-state index in [1.54, 1.807) is 0 Å². The number of fused-ring (bicyclic) bond motifs is 1. The molecule has 0 amide bonds. The third-order valence-electron chi connectivity index (χ3n) is 4.40. The number of anilines is 1. The number of nitrogens with one attached hydrogen (secondary N) is 2. The molecule has 0 aromatic heterocycles. The van der Waals surface area contributed by atoms with Gasteiger partial charge in [0.05, 0.1) is 12.2 Å². The van der Waals surface area contributed by atoms with E-state index >= 15 is 0 Å². The standard InChI is InChI=1S/C17H26N2O/c1-13-12-19-16-11-14(7-8-17(16)20-13)9-10-18-15-5-3-2-4-6-15/h7-8,11,13,15,18-19H,2-6,9-10,12H2,1H3. The van der Waals surface area contributed by atoms with Gasteiger partial charge in [0.25, 0.3) is 0 Å². The Morgan fingerprint density at radius 2 is 2.10 bits per heavy atom. The van der Waals surface area contributed by atoms with Crippen LogP contribution in [0.15, 0.2) is 18.2 Å². The van der Waals surface area contributed by atoms with Crippen LogP contribution < -0.4 is 15.4 Å². The van der Waals surface area contributed by atoms with E-state index in [1.807, 2.05) is 0 Å². The van der Waals surface area contributed by atoms with Crippen molar-refractivity contribution in [3.05, 3.63) is 23.8 Å². The van der Waals surface area contributed by atoms with Crippen molar-refractivity contribution in [1.82, 2.24) is 5.32 Å². The second-order valence-corrected chi connectivity index (χ2v) is 6.18. The maximum Gasteiger partial charge on any atom is 0.142 e. The highest BCUT2D eigenvalue weighted by Gasteiger charge is 2.16. The Balaban J connectivity index is 1.50. The van der Waals surface area contributed by atoms with Gasteiger partial charge in [-0.25, -0.2) is 0 Å². The van der Waals surface area contributed by atoms with Crippen molar-refractivity contribution < 1.29 is 4.74 Å². The Bertz CT molecular complexity index is 441. The molecule has 20 heavy (non-hydrogen) atoms. The monoisotopic (exact) mass is 274 g/mol. The fourth-order valence-corrected chi connectivity index (χ4v) is 3.21. The molecule has 3 rings (SSSR count). The van der Waals surface area contributed by atoms with Crippen LogP contribution in [0.25, 0.3) is 0 Å². The molecule has 1 aliphatic carbocycles. The van der Waals surface area contributed by atoms with Crippen LogP contribution in [0.5, 0.6) is 5.75 Å². The predicted octanol–water partition coefficient (Wildman–Crippen LogP) is 3.34. The van der Waals surface area contributed by atoms with E-state index in [0.29, 0.717) is 0 Å². The molecule has 1 unspecified atom stereocenters. The summed E-state index contributed by atoms with van der Waals surface area (Å²) in [5, 5.41) is 7.15. The number of rotatable bonds is 4. The predicted molar refractivity (Wildman–Crippen MR) is 83.6 cm³/mol. The molecule has 1 atom stereocenters. The first kappa shape index (κ1) is 13.7. The van der Waals surface area contributed by atoms with Crippen LogP contribution in [-0.4, -0.2) is 25.2 Å². The minimum absolute atomic E-state index is 0.265. The lowest BCUT2D eigenvalue weighted by atomic mass is 9.95. The fraction of sp³-hybridized carbons (Fsp3) is 0.647. The van der Waals surface area contributed by atoms with Gasteiger partial charge in [-0.1, -0.05) is 25.3 Å². The van der Waals surface area contributed by atoms with Crippen LogP contribution in [0, 0.1) is 0 Å². The second kappa shape index (κ2) is 6.49. The maximum atomic E-state index is 5.81. The average molecular weight is 274 g/mol. The molecule has 2 aliphatic rings. The van der Waals surface area contributed by atoms with E-state index in [2.05, 4.69) is 35.8 Å². The average Bonchev–Trinajstić information content (AvgIpc) is 2.48. The van der Waals surface area contributed by atoms with Gasteiger partial charge in [-0.3, -0.25) is 0 Å². The first-order chi connectivity index (χ1) is 9.81. The smallest absolute Gasteiger partial charge is 0.142 e. The molecule has 1 aromatic carbocycles. The topological polar surface area (TPSA) is 33.3 Å². The van der Waals surface area contributed by atoms with Crippen molar-refractivity contribution in [2.45, 2.75) is 57.6 Å². The number of hydrogen-bond acceptors (Lipinski definition) is 3. The molecular weight excluding hydrogens is 248 g/mol. The SMILES string of the molecule is CC1CNc2cc(CCNC3CCCCC3)ccc2O1. The summed E-state index contributed by atoms with van der Waals surface area (Å²) >= 11 is 0. The lowest BCUT2D eigenvalue weighted by Gasteiger charge is -2.25. The Morgan fingerprint density at radius 3 is 2.95 bits per heavy atom. The van der Waals surface area contributed by atoms with E-state index < -0.39 is 0 Å². The Morgan fingerprint density at radius 1 is 1.25 bits per heavy atom. The van der Waals surface area contributed by atoms with Gasteiger partial charge in [0.15, 0.2) is 0 Å². The number of ether oxygens (including phenoxy) is 1. The highest BCUT2D eigenvalue weighted by molar-refractivity contribution is 5.59. The van der Waals surface area contributed by atoms with Crippen LogP contribution in [0.4, 0.5) is 5.69 Å². The maximum absolute atomic E-state index is 5.81. The summed E-state index contributed by atoms with van der Waals surface area (Å²) in [6.45, 7) is 4.08. The first-order valence-corrected chi connectivity index (χ1v) is 8.08. The Kier molecular flexibility index (Phi) is 4.46. The molecule has 1 fully saturated rings. The zero-order valence-electron chi connectivity index (χ0n) is 12.5. The molecule has 0 bridgehead atoms. The van der Waals surface area contributed by atoms with E-state index in [9.17, 15) is 0 Å². The molecule has 1 heterocycles. The van der Waals surface area contributed by atoms with Crippen molar-refractivity contribution in [3.63, 3.8) is 0 Å². The molecule has 3 nitrogen and oxygen atoms in total. The highest BCUT2D eigenvalue weighted by Crippen LogP contribution is 2.30. The number of hydrogen-bond donors (Lipinski definition) is 2. The zero-order chi connectivity index (χ0) is 13.8. The lowest BCUT2D eigenvalue weighted by Crippen LogP contribution is -2.32. The van der Waals surface area contributed by atoms with Crippen LogP contribution in [0.2, 0.25) is 0 Å². The summed E-state index contributed by atoms with van der Waals surface area (Å²) in [6, 6.07) is 7.29. The molecule has 3 heteroatoms. The van der Waals surface area contributed by atoms with Gasteiger partial charge >= 0.3 is 0 Å². The quantitative estimate of drug-likeness (QED) is 0.883. The summed E-state index contributed by atoms with van der Waals surface area (Å²) in [4.78, 5) is 0. The fourth-order valence-electron chi connectivity index (χ4n) is 3.21. The van der Waals surface area contributed by atoms with E-state index in [4.69, 9.17) is 4.74 Å². The van der Waals surface area contributed by atoms with Crippen LogP contribution in [0.3, 0.4) is 0 Å². The van der Waals surface area contributed by atoms with Crippen LogP contribution in [-0.2, 0) is 6.42 Å². The van der Waals surface area contributed by atoms with Crippen molar-refractivity contribution in [1.29, 1.82) is 0 Å². The third kappa shape index (κ3) is 3.45. The lowest BCUT2D eigenvalue weighted by molar-refractivity contribution is 0.226. The summed E-state index contributed by atoms with van der Waals surface area (Å²) in [5.41, 5.74) is 2.54. The van der Waals surface area contributed by atoms with E-state index in [0.717, 1.165) is 37.0 Å². The minimum atomic E-state index is 0.265. The molecular formula is C17H26N2O. The minimum Gasteiger partial charge on any atom is -0.487 e. The van der Waals surface area contributed by atoms with Gasteiger partial charge in [0.2, 0.25) is 0 Å². The van der Waals surface area contributed by atoms with Crippen LogP contribution in [0.1, 0.15) is 44.6 Å². The van der Waals surface area contributed by atoms with Gasteiger partial charge in [-0.15, -0.1) is 0 Å². The first-order valence-electron chi connectivity index (χ1n) is 8.08. The largest absolute Gasteiger partial charge is 0.487 e. The van der Waals surface area contributed by atoms with Gasteiger partial charge < -0.3 is 15.4 Å². The van der Waals surface area contributed by atoms with Crippen molar-refractivity contribution in [2.24, 2.45) is 0 Å². The van der Waals surface area contributed by atoms with E-state index in [1.165, 1.54) is 37.7 Å². The zero-order valence-corrected chi connectivity index (χ0v) is 12.5. The molecule has 1 saturated carbocycles. The summed E-state index contributed by atoms with van der Waals surface area (Å²) in [6.07, 6.45) is 8.30. The van der Waals surface area contributed by atoms with Crippen molar-refractivity contribution in [3.8, 4) is 5.75 Å². The van der Waals surface area contributed by atoms with Gasteiger partial charge in [0.1, 0.15) is 11.9 Å². The van der Waals surface area contributed by atoms with Gasteiger partial charge in [-0.2, -0.15) is 0 Å². The summed E-state index contributed by atoms with van der Waals surface area (Å²) in [7, 11) is 0.